The Kier molecular flexibility index (Phi) is 4.38. The molecule has 0 saturated heterocycles. The van der Waals surface area contributed by atoms with Crippen molar-refractivity contribution in [2.75, 3.05) is 11.9 Å². The fourth-order valence-corrected chi connectivity index (χ4v) is 3.56. The van der Waals surface area contributed by atoms with Crippen LogP contribution in [0.4, 0.5) is 14.5 Å². The summed E-state index contributed by atoms with van der Waals surface area (Å²) in [6.45, 7) is -0.530. The Hall–Kier alpha value is -2.28. The second kappa shape index (κ2) is 6.45. The van der Waals surface area contributed by atoms with Gasteiger partial charge in [0.05, 0.1) is 5.69 Å². The summed E-state index contributed by atoms with van der Waals surface area (Å²) in [6.07, 6.45) is 3.03. The van der Waals surface area contributed by atoms with Gasteiger partial charge in [-0.3, -0.25) is 4.79 Å². The fraction of sp³-hybridized carbons (Fsp3) is 0.250. The molecule has 1 heterocycles. The summed E-state index contributed by atoms with van der Waals surface area (Å²) in [6, 6.07) is 4.59. The van der Waals surface area contributed by atoms with Crippen molar-refractivity contribution >= 4 is 28.9 Å². The average molecular weight is 337 g/mol. The van der Waals surface area contributed by atoms with E-state index in [-0.39, 0.29) is 5.69 Å². The molecule has 23 heavy (non-hydrogen) atoms. The number of fused-ring (bicyclic) bond motifs is 1. The van der Waals surface area contributed by atoms with Crippen molar-refractivity contribution in [2.24, 2.45) is 0 Å². The zero-order chi connectivity index (χ0) is 16.4. The second-order valence-corrected chi connectivity index (χ2v) is 6.30. The lowest BCUT2D eigenvalue weighted by Gasteiger charge is -2.07. The molecule has 1 amide bonds. The van der Waals surface area contributed by atoms with Crippen LogP contribution >= 0.6 is 11.3 Å². The van der Waals surface area contributed by atoms with Gasteiger partial charge in [0.1, 0.15) is 16.5 Å². The molecule has 0 spiro atoms. The Balaban J connectivity index is 1.54. The van der Waals surface area contributed by atoms with Crippen LogP contribution in [-0.4, -0.2) is 18.5 Å². The summed E-state index contributed by atoms with van der Waals surface area (Å²) in [5, 5.41) is 2.23. The van der Waals surface area contributed by atoms with E-state index in [1.165, 1.54) is 21.8 Å². The van der Waals surface area contributed by atoms with E-state index in [0.717, 1.165) is 31.4 Å². The lowest BCUT2D eigenvalue weighted by atomic mass is 10.2. The number of anilines is 1. The highest BCUT2D eigenvalue weighted by molar-refractivity contribution is 7.14. The minimum atomic E-state index is -0.889. The maximum absolute atomic E-state index is 13.4. The van der Waals surface area contributed by atoms with Crippen LogP contribution < -0.4 is 5.32 Å². The molecule has 0 aliphatic heterocycles. The van der Waals surface area contributed by atoms with E-state index in [2.05, 4.69) is 5.32 Å². The molecule has 0 radical (unpaired) electrons. The molecule has 0 saturated carbocycles. The summed E-state index contributed by atoms with van der Waals surface area (Å²) in [5.74, 6) is -2.89. The first-order valence-electron chi connectivity index (χ1n) is 7.06. The van der Waals surface area contributed by atoms with Gasteiger partial charge < -0.3 is 10.1 Å². The number of esters is 1. The molecule has 1 aliphatic rings. The molecule has 2 aromatic rings. The van der Waals surface area contributed by atoms with Crippen molar-refractivity contribution in [1.29, 1.82) is 0 Å². The van der Waals surface area contributed by atoms with Crippen LogP contribution in [0, 0.1) is 11.6 Å². The Bertz CT molecular complexity index is 751. The van der Waals surface area contributed by atoms with Gasteiger partial charge in [-0.05, 0) is 43.0 Å². The molecule has 4 nitrogen and oxygen atoms in total. The lowest BCUT2D eigenvalue weighted by Crippen LogP contribution is -2.21. The van der Waals surface area contributed by atoms with E-state index in [1.807, 2.05) is 0 Å². The molecule has 0 unspecified atom stereocenters. The molecule has 120 valence electrons. The predicted molar refractivity (Wildman–Crippen MR) is 81.6 cm³/mol. The predicted octanol–water partition coefficient (Wildman–Crippen LogP) is 3.31. The van der Waals surface area contributed by atoms with E-state index < -0.39 is 30.1 Å². The van der Waals surface area contributed by atoms with Crippen LogP contribution in [0.15, 0.2) is 24.3 Å². The maximum atomic E-state index is 13.4. The first kappa shape index (κ1) is 15.6. The van der Waals surface area contributed by atoms with E-state index in [1.54, 1.807) is 6.07 Å². The van der Waals surface area contributed by atoms with Crippen LogP contribution in [0.3, 0.4) is 0 Å². The molecular formula is C16H13F2NO3S. The van der Waals surface area contributed by atoms with E-state index in [9.17, 15) is 18.4 Å². The van der Waals surface area contributed by atoms with Gasteiger partial charge in [0.25, 0.3) is 5.91 Å². The molecule has 7 heteroatoms. The standard InChI is InChI=1S/C16H13F2NO3S/c17-10-4-5-12(11(18)7-10)19-15(20)8-22-16(21)14-6-9-2-1-3-13(9)23-14/h4-7H,1-3,8H2,(H,19,20). The number of carbonyl (C=O) groups excluding carboxylic acids is 2. The van der Waals surface area contributed by atoms with Gasteiger partial charge in [-0.1, -0.05) is 0 Å². The van der Waals surface area contributed by atoms with Crippen molar-refractivity contribution in [2.45, 2.75) is 19.3 Å². The van der Waals surface area contributed by atoms with Gasteiger partial charge >= 0.3 is 5.97 Å². The summed E-state index contributed by atoms with van der Waals surface area (Å²) in [5.41, 5.74) is 1.00. The average Bonchev–Trinajstić information content (AvgIpc) is 3.09. The van der Waals surface area contributed by atoms with Gasteiger partial charge in [-0.15, -0.1) is 11.3 Å². The summed E-state index contributed by atoms with van der Waals surface area (Å²) in [7, 11) is 0. The number of hydrogen-bond donors (Lipinski definition) is 1. The molecular weight excluding hydrogens is 324 g/mol. The Morgan fingerprint density at radius 1 is 1.22 bits per heavy atom. The van der Waals surface area contributed by atoms with Crippen LogP contribution in [0.5, 0.6) is 0 Å². The zero-order valence-corrected chi connectivity index (χ0v) is 12.8. The molecule has 3 rings (SSSR count). The largest absolute Gasteiger partial charge is 0.451 e. The van der Waals surface area contributed by atoms with Crippen molar-refractivity contribution in [3.8, 4) is 0 Å². The SMILES string of the molecule is O=C(COC(=O)c1cc2c(s1)CCC2)Nc1ccc(F)cc1F. The smallest absolute Gasteiger partial charge is 0.348 e. The number of hydrogen-bond acceptors (Lipinski definition) is 4. The summed E-state index contributed by atoms with van der Waals surface area (Å²) >= 11 is 1.38. The number of ether oxygens (including phenoxy) is 1. The number of carbonyl (C=O) groups is 2. The molecule has 1 aromatic carbocycles. The van der Waals surface area contributed by atoms with Crippen LogP contribution in [0.1, 0.15) is 26.5 Å². The number of amides is 1. The zero-order valence-electron chi connectivity index (χ0n) is 12.0. The third kappa shape index (κ3) is 3.56. The van der Waals surface area contributed by atoms with Crippen molar-refractivity contribution in [3.05, 3.63) is 51.2 Å². The third-order valence-electron chi connectivity index (χ3n) is 3.49. The molecule has 0 fully saturated rings. The van der Waals surface area contributed by atoms with Gasteiger partial charge in [0.2, 0.25) is 0 Å². The molecule has 0 atom stereocenters. The van der Waals surface area contributed by atoms with Crippen LogP contribution in [-0.2, 0) is 22.4 Å². The van der Waals surface area contributed by atoms with Crippen molar-refractivity contribution in [3.63, 3.8) is 0 Å². The normalized spacial score (nSPS) is 12.8. The summed E-state index contributed by atoms with van der Waals surface area (Å²) < 4.78 is 31.1. The third-order valence-corrected chi connectivity index (χ3v) is 4.70. The van der Waals surface area contributed by atoms with Gasteiger partial charge in [-0.25, -0.2) is 13.6 Å². The molecule has 1 aliphatic carbocycles. The van der Waals surface area contributed by atoms with Gasteiger partial charge in [0.15, 0.2) is 6.61 Å². The Morgan fingerprint density at radius 3 is 2.78 bits per heavy atom. The van der Waals surface area contributed by atoms with Crippen molar-refractivity contribution < 1.29 is 23.1 Å². The van der Waals surface area contributed by atoms with Crippen molar-refractivity contribution in [1.82, 2.24) is 0 Å². The first-order chi connectivity index (χ1) is 11.0. The summed E-state index contributed by atoms with van der Waals surface area (Å²) in [4.78, 5) is 25.2. The van der Waals surface area contributed by atoms with Gasteiger partial charge in [0, 0.05) is 10.9 Å². The van der Waals surface area contributed by atoms with Crippen LogP contribution in [0.25, 0.3) is 0 Å². The number of nitrogens with one attached hydrogen (secondary N) is 1. The minimum absolute atomic E-state index is 0.164. The molecule has 1 N–H and O–H groups in total. The number of rotatable bonds is 4. The topological polar surface area (TPSA) is 55.4 Å². The van der Waals surface area contributed by atoms with Gasteiger partial charge in [-0.2, -0.15) is 0 Å². The Morgan fingerprint density at radius 2 is 2.04 bits per heavy atom. The number of halogens is 2. The lowest BCUT2D eigenvalue weighted by molar-refractivity contribution is -0.119. The Labute approximate surface area is 135 Å². The molecule has 1 aromatic heterocycles. The highest BCUT2D eigenvalue weighted by Gasteiger charge is 2.20. The maximum Gasteiger partial charge on any atom is 0.348 e. The van der Waals surface area contributed by atoms with Crippen LogP contribution in [0.2, 0.25) is 0 Å². The minimum Gasteiger partial charge on any atom is -0.451 e. The highest BCUT2D eigenvalue weighted by atomic mass is 32.1. The monoisotopic (exact) mass is 337 g/mol. The van der Waals surface area contributed by atoms with E-state index >= 15 is 0 Å². The highest BCUT2D eigenvalue weighted by Crippen LogP contribution is 2.30. The number of aryl methyl sites for hydroxylation is 2. The van der Waals surface area contributed by atoms with E-state index in [0.29, 0.717) is 10.9 Å². The second-order valence-electron chi connectivity index (χ2n) is 5.16. The number of benzene rings is 1. The first-order valence-corrected chi connectivity index (χ1v) is 7.88. The number of thiophene rings is 1. The quantitative estimate of drug-likeness (QED) is 0.871. The molecule has 0 bridgehead atoms. The van der Waals surface area contributed by atoms with E-state index in [4.69, 9.17) is 4.74 Å². The fourth-order valence-electron chi connectivity index (χ4n) is 2.41.